The molecule has 0 aliphatic carbocycles. The van der Waals surface area contributed by atoms with Crippen LogP contribution in [0.15, 0.2) is 22.7 Å². The Morgan fingerprint density at radius 3 is 2.61 bits per heavy atom. The number of nitrogens with one attached hydrogen (secondary N) is 1. The molecule has 0 spiro atoms. The van der Waals surface area contributed by atoms with Crippen molar-refractivity contribution in [2.45, 2.75) is 13.8 Å². The number of carbonyl (C=O) groups is 1. The van der Waals surface area contributed by atoms with E-state index in [9.17, 15) is 9.90 Å². The molecule has 6 heteroatoms. The van der Waals surface area contributed by atoms with Gasteiger partial charge >= 0.3 is 0 Å². The van der Waals surface area contributed by atoms with Crippen LogP contribution in [0, 0.1) is 13.8 Å². The number of phenolic OH excluding ortho intramolecular Hbond substituents is 2. The molecule has 1 amide bonds. The average molecular weight is 248 g/mol. The predicted octanol–water partition coefficient (Wildman–Crippen LogP) is 1.95. The van der Waals surface area contributed by atoms with Gasteiger partial charge in [0.25, 0.3) is 5.91 Å². The van der Waals surface area contributed by atoms with Gasteiger partial charge in [0, 0.05) is 11.6 Å². The standard InChI is InChI=1S/C12H12N2O4/c1-6-7(2)14-18-12(6)13-11(17)9-4-3-8(15)5-10(9)16/h3-5,15-16H,1-2H3,(H,13,17). The van der Waals surface area contributed by atoms with Gasteiger partial charge in [0.15, 0.2) is 0 Å². The summed E-state index contributed by atoms with van der Waals surface area (Å²) < 4.78 is 4.94. The number of benzene rings is 1. The molecule has 2 rings (SSSR count). The lowest BCUT2D eigenvalue weighted by molar-refractivity contribution is 0.102. The maximum atomic E-state index is 11.9. The number of nitrogens with zero attached hydrogens (tertiary/aromatic N) is 1. The fourth-order valence-corrected chi connectivity index (χ4v) is 1.41. The maximum absolute atomic E-state index is 11.9. The highest BCUT2D eigenvalue weighted by Crippen LogP contribution is 2.24. The van der Waals surface area contributed by atoms with Gasteiger partial charge < -0.3 is 14.7 Å². The Kier molecular flexibility index (Phi) is 2.93. The zero-order chi connectivity index (χ0) is 13.3. The molecule has 0 bridgehead atoms. The zero-order valence-electron chi connectivity index (χ0n) is 9.89. The Balaban J connectivity index is 2.25. The summed E-state index contributed by atoms with van der Waals surface area (Å²) in [5, 5.41) is 24.9. The number of hydrogen-bond donors (Lipinski definition) is 3. The number of phenols is 2. The van der Waals surface area contributed by atoms with Crippen LogP contribution >= 0.6 is 0 Å². The molecule has 18 heavy (non-hydrogen) atoms. The smallest absolute Gasteiger partial charge is 0.261 e. The molecule has 0 unspecified atom stereocenters. The average Bonchev–Trinajstić information content (AvgIpc) is 2.61. The van der Waals surface area contributed by atoms with E-state index in [0.29, 0.717) is 5.69 Å². The Bertz CT molecular complexity index is 604. The van der Waals surface area contributed by atoms with Crippen LogP contribution in [0.2, 0.25) is 0 Å². The van der Waals surface area contributed by atoms with Gasteiger partial charge in [0.05, 0.1) is 11.3 Å². The van der Waals surface area contributed by atoms with E-state index in [1.807, 2.05) is 0 Å². The van der Waals surface area contributed by atoms with Crippen molar-refractivity contribution < 1.29 is 19.5 Å². The highest BCUT2D eigenvalue weighted by atomic mass is 16.5. The third-order valence-electron chi connectivity index (χ3n) is 2.61. The molecule has 0 radical (unpaired) electrons. The lowest BCUT2D eigenvalue weighted by Crippen LogP contribution is -2.12. The predicted molar refractivity (Wildman–Crippen MR) is 63.7 cm³/mol. The minimum Gasteiger partial charge on any atom is -0.508 e. The van der Waals surface area contributed by atoms with Gasteiger partial charge in [0.2, 0.25) is 5.88 Å². The fraction of sp³-hybridized carbons (Fsp3) is 0.167. The second-order valence-electron chi connectivity index (χ2n) is 3.88. The highest BCUT2D eigenvalue weighted by molar-refractivity contribution is 6.05. The van der Waals surface area contributed by atoms with Crippen LogP contribution in [-0.2, 0) is 0 Å². The number of aromatic hydroxyl groups is 2. The number of anilines is 1. The summed E-state index contributed by atoms with van der Waals surface area (Å²) in [7, 11) is 0. The van der Waals surface area contributed by atoms with Crippen molar-refractivity contribution in [3.8, 4) is 11.5 Å². The summed E-state index contributed by atoms with van der Waals surface area (Å²) >= 11 is 0. The van der Waals surface area contributed by atoms with Crippen LogP contribution in [0.4, 0.5) is 5.88 Å². The monoisotopic (exact) mass is 248 g/mol. The van der Waals surface area contributed by atoms with Gasteiger partial charge in [-0.15, -0.1) is 0 Å². The highest BCUT2D eigenvalue weighted by Gasteiger charge is 2.16. The first-order chi connectivity index (χ1) is 8.49. The van der Waals surface area contributed by atoms with E-state index in [-0.39, 0.29) is 22.9 Å². The van der Waals surface area contributed by atoms with Crippen LogP contribution < -0.4 is 5.32 Å². The summed E-state index contributed by atoms with van der Waals surface area (Å²) in [6.07, 6.45) is 0. The Hall–Kier alpha value is -2.50. The molecular formula is C12H12N2O4. The molecule has 0 aliphatic rings. The Labute approximate surface area is 103 Å². The van der Waals surface area contributed by atoms with Gasteiger partial charge in [-0.2, -0.15) is 0 Å². The molecule has 0 fully saturated rings. The number of aromatic nitrogens is 1. The van der Waals surface area contributed by atoms with E-state index in [0.717, 1.165) is 11.6 Å². The minimum absolute atomic E-state index is 0.0428. The van der Waals surface area contributed by atoms with E-state index in [4.69, 9.17) is 9.63 Å². The molecule has 3 N–H and O–H groups in total. The van der Waals surface area contributed by atoms with Gasteiger partial charge in [0.1, 0.15) is 11.5 Å². The third kappa shape index (κ3) is 2.13. The molecular weight excluding hydrogens is 236 g/mol. The molecule has 2 aromatic rings. The van der Waals surface area contributed by atoms with Gasteiger partial charge in [-0.1, -0.05) is 5.16 Å². The quantitative estimate of drug-likeness (QED) is 0.755. The van der Waals surface area contributed by atoms with Crippen molar-refractivity contribution in [1.29, 1.82) is 0 Å². The largest absolute Gasteiger partial charge is 0.508 e. The van der Waals surface area contributed by atoms with Crippen LogP contribution in [0.1, 0.15) is 21.6 Å². The molecule has 1 heterocycles. The van der Waals surface area contributed by atoms with E-state index < -0.39 is 5.91 Å². The number of amides is 1. The topological polar surface area (TPSA) is 95.6 Å². The molecule has 0 saturated heterocycles. The van der Waals surface area contributed by atoms with Crippen LogP contribution in [0.25, 0.3) is 0 Å². The van der Waals surface area contributed by atoms with Crippen LogP contribution in [0.3, 0.4) is 0 Å². The minimum atomic E-state index is -0.535. The van der Waals surface area contributed by atoms with E-state index >= 15 is 0 Å². The lowest BCUT2D eigenvalue weighted by Gasteiger charge is -2.05. The molecule has 1 aromatic carbocycles. The summed E-state index contributed by atoms with van der Waals surface area (Å²) in [5.74, 6) is -0.714. The van der Waals surface area contributed by atoms with Crippen LogP contribution in [-0.4, -0.2) is 21.3 Å². The number of rotatable bonds is 2. The van der Waals surface area contributed by atoms with Crippen molar-refractivity contribution in [3.63, 3.8) is 0 Å². The summed E-state index contributed by atoms with van der Waals surface area (Å²) in [6.45, 7) is 3.52. The van der Waals surface area contributed by atoms with Gasteiger partial charge in [-0.05, 0) is 26.0 Å². The van der Waals surface area contributed by atoms with E-state index in [1.165, 1.54) is 12.1 Å². The maximum Gasteiger partial charge on any atom is 0.261 e. The van der Waals surface area contributed by atoms with Crippen molar-refractivity contribution in [3.05, 3.63) is 35.0 Å². The second-order valence-corrected chi connectivity index (χ2v) is 3.88. The number of hydrogen-bond acceptors (Lipinski definition) is 5. The van der Waals surface area contributed by atoms with Gasteiger partial charge in [-0.3, -0.25) is 10.1 Å². The normalized spacial score (nSPS) is 10.3. The van der Waals surface area contributed by atoms with E-state index in [1.54, 1.807) is 13.8 Å². The van der Waals surface area contributed by atoms with Gasteiger partial charge in [-0.25, -0.2) is 0 Å². The van der Waals surface area contributed by atoms with Crippen molar-refractivity contribution >= 4 is 11.8 Å². The van der Waals surface area contributed by atoms with E-state index in [2.05, 4.69) is 10.5 Å². The molecule has 0 atom stereocenters. The van der Waals surface area contributed by atoms with Crippen molar-refractivity contribution in [1.82, 2.24) is 5.16 Å². The van der Waals surface area contributed by atoms with Crippen molar-refractivity contribution in [2.24, 2.45) is 0 Å². The number of carbonyl (C=O) groups excluding carboxylic acids is 1. The number of aryl methyl sites for hydroxylation is 1. The third-order valence-corrected chi connectivity index (χ3v) is 2.61. The Morgan fingerprint density at radius 2 is 2.06 bits per heavy atom. The molecule has 1 aromatic heterocycles. The summed E-state index contributed by atoms with van der Waals surface area (Å²) in [6, 6.07) is 3.72. The zero-order valence-corrected chi connectivity index (χ0v) is 9.89. The first kappa shape index (κ1) is 12.0. The first-order valence-electron chi connectivity index (χ1n) is 5.25. The fourth-order valence-electron chi connectivity index (χ4n) is 1.41. The summed E-state index contributed by atoms with van der Waals surface area (Å²) in [4.78, 5) is 11.9. The Morgan fingerprint density at radius 1 is 1.33 bits per heavy atom. The first-order valence-corrected chi connectivity index (χ1v) is 5.25. The molecule has 94 valence electrons. The van der Waals surface area contributed by atoms with Crippen LogP contribution in [0.5, 0.6) is 11.5 Å². The molecule has 0 aliphatic heterocycles. The second kappa shape index (κ2) is 4.40. The SMILES string of the molecule is Cc1noc(NC(=O)c2ccc(O)cc2O)c1C. The molecule has 6 nitrogen and oxygen atoms in total. The molecule has 0 saturated carbocycles. The van der Waals surface area contributed by atoms with Crippen molar-refractivity contribution in [2.75, 3.05) is 5.32 Å². The lowest BCUT2D eigenvalue weighted by atomic mass is 10.1. The summed E-state index contributed by atoms with van der Waals surface area (Å²) in [5.41, 5.74) is 1.45.